The Kier molecular flexibility index (Phi) is 6.70. The van der Waals surface area contributed by atoms with E-state index in [1.807, 2.05) is 6.92 Å². The van der Waals surface area contributed by atoms with Crippen molar-refractivity contribution < 1.29 is 18.3 Å². The monoisotopic (exact) mass is 265 g/mol. The van der Waals surface area contributed by atoms with Crippen molar-refractivity contribution >= 4 is 16.0 Å². The molecule has 1 atom stereocenters. The molecule has 0 saturated heterocycles. The number of aliphatic carboxylic acids is 1. The molecule has 1 N–H and O–H groups in total. The van der Waals surface area contributed by atoms with E-state index in [-0.39, 0.29) is 6.04 Å². The molecule has 0 heterocycles. The molecule has 0 spiro atoms. The van der Waals surface area contributed by atoms with Crippen molar-refractivity contribution in [2.45, 2.75) is 58.2 Å². The van der Waals surface area contributed by atoms with Gasteiger partial charge in [0.15, 0.2) is 5.25 Å². The summed E-state index contributed by atoms with van der Waals surface area (Å²) in [5.74, 6) is -1.30. The fourth-order valence-corrected chi connectivity index (χ4v) is 3.16. The van der Waals surface area contributed by atoms with Crippen molar-refractivity contribution in [1.29, 1.82) is 0 Å². The Hall–Kier alpha value is -0.620. The topological polar surface area (TPSA) is 74.7 Å². The Labute approximate surface area is 104 Å². The lowest BCUT2D eigenvalue weighted by atomic mass is 10.2. The molecule has 0 fully saturated rings. The molecule has 0 aliphatic carbocycles. The summed E-state index contributed by atoms with van der Waals surface area (Å²) < 4.78 is 25.4. The Balaban J connectivity index is 4.86. The van der Waals surface area contributed by atoms with Gasteiger partial charge in [-0.05, 0) is 27.2 Å². The van der Waals surface area contributed by atoms with Crippen molar-refractivity contribution in [2.24, 2.45) is 0 Å². The second-order valence-corrected chi connectivity index (χ2v) is 6.64. The van der Waals surface area contributed by atoms with Crippen LogP contribution < -0.4 is 0 Å². The highest BCUT2D eigenvalue weighted by molar-refractivity contribution is 7.90. The van der Waals surface area contributed by atoms with Crippen molar-refractivity contribution in [3.05, 3.63) is 0 Å². The number of rotatable bonds is 8. The molecule has 0 aromatic rings. The second-order valence-electron chi connectivity index (χ2n) is 4.44. The first-order chi connectivity index (χ1) is 7.75. The highest BCUT2D eigenvalue weighted by Gasteiger charge is 2.34. The summed E-state index contributed by atoms with van der Waals surface area (Å²) in [6.07, 6.45) is 2.71. The summed E-state index contributed by atoms with van der Waals surface area (Å²) in [5.41, 5.74) is 0. The number of hydrogen-bond donors (Lipinski definition) is 1. The molecule has 0 aromatic heterocycles. The van der Waals surface area contributed by atoms with E-state index in [4.69, 9.17) is 5.11 Å². The number of carbonyl (C=O) groups is 1. The molecule has 0 aromatic carbocycles. The van der Waals surface area contributed by atoms with Crippen LogP contribution in [0.1, 0.15) is 47.0 Å². The van der Waals surface area contributed by atoms with Crippen LogP contribution in [0.5, 0.6) is 0 Å². The lowest BCUT2D eigenvalue weighted by molar-refractivity contribution is -0.136. The number of unbranched alkanes of at least 4 members (excludes halogenated alkanes) is 2. The first-order valence-electron chi connectivity index (χ1n) is 5.98. The molecule has 6 heteroatoms. The maximum Gasteiger partial charge on any atom is 0.323 e. The molecule has 0 bridgehead atoms. The van der Waals surface area contributed by atoms with Gasteiger partial charge >= 0.3 is 5.97 Å². The summed E-state index contributed by atoms with van der Waals surface area (Å²) in [7, 11) is -3.75. The summed E-state index contributed by atoms with van der Waals surface area (Å²) in [6.45, 7) is 7.17. The zero-order valence-corrected chi connectivity index (χ0v) is 11.8. The molecule has 17 heavy (non-hydrogen) atoms. The number of hydrogen-bond acceptors (Lipinski definition) is 3. The van der Waals surface area contributed by atoms with Gasteiger partial charge in [0, 0.05) is 12.6 Å². The van der Waals surface area contributed by atoms with Gasteiger partial charge < -0.3 is 5.11 Å². The van der Waals surface area contributed by atoms with E-state index in [9.17, 15) is 13.2 Å². The van der Waals surface area contributed by atoms with Crippen molar-refractivity contribution in [3.63, 3.8) is 0 Å². The Morgan fingerprint density at radius 3 is 2.12 bits per heavy atom. The third-order valence-electron chi connectivity index (χ3n) is 2.68. The molecule has 0 aliphatic rings. The largest absolute Gasteiger partial charge is 0.480 e. The number of nitrogens with zero attached hydrogens (tertiary/aromatic N) is 1. The maximum atomic E-state index is 12.1. The van der Waals surface area contributed by atoms with E-state index in [2.05, 4.69) is 0 Å². The van der Waals surface area contributed by atoms with Gasteiger partial charge in [-0.1, -0.05) is 19.8 Å². The van der Waals surface area contributed by atoms with Gasteiger partial charge in [-0.25, -0.2) is 8.42 Å². The van der Waals surface area contributed by atoms with Crippen LogP contribution in [-0.2, 0) is 14.8 Å². The Bertz CT molecular complexity index is 337. The number of sulfonamides is 1. The van der Waals surface area contributed by atoms with Crippen LogP contribution in [0.4, 0.5) is 0 Å². The van der Waals surface area contributed by atoms with Crippen LogP contribution in [-0.4, -0.2) is 41.6 Å². The van der Waals surface area contributed by atoms with Crippen LogP contribution in [0, 0.1) is 0 Å². The van der Waals surface area contributed by atoms with Gasteiger partial charge in [0.25, 0.3) is 0 Å². The third-order valence-corrected chi connectivity index (χ3v) is 5.03. The van der Waals surface area contributed by atoms with E-state index in [1.165, 1.54) is 11.2 Å². The molecule has 5 nitrogen and oxygen atoms in total. The fraction of sp³-hybridized carbons (Fsp3) is 0.909. The average Bonchev–Trinajstić information content (AvgIpc) is 2.22. The maximum absolute atomic E-state index is 12.1. The Morgan fingerprint density at radius 1 is 1.24 bits per heavy atom. The molecular formula is C11H23NO4S. The van der Waals surface area contributed by atoms with E-state index < -0.39 is 21.2 Å². The van der Waals surface area contributed by atoms with Gasteiger partial charge in [-0.15, -0.1) is 0 Å². The van der Waals surface area contributed by atoms with Crippen LogP contribution >= 0.6 is 0 Å². The second kappa shape index (κ2) is 6.96. The summed E-state index contributed by atoms with van der Waals surface area (Å²) in [4.78, 5) is 10.8. The summed E-state index contributed by atoms with van der Waals surface area (Å²) >= 11 is 0. The van der Waals surface area contributed by atoms with Gasteiger partial charge in [-0.3, -0.25) is 4.79 Å². The summed E-state index contributed by atoms with van der Waals surface area (Å²) in [5, 5.41) is 7.43. The van der Waals surface area contributed by atoms with E-state index in [1.54, 1.807) is 13.8 Å². The molecular weight excluding hydrogens is 242 g/mol. The van der Waals surface area contributed by atoms with Gasteiger partial charge in [0.1, 0.15) is 0 Å². The normalized spacial score (nSPS) is 14.2. The average molecular weight is 265 g/mol. The van der Waals surface area contributed by atoms with Crippen LogP contribution in [0.15, 0.2) is 0 Å². The molecule has 0 aliphatic heterocycles. The Morgan fingerprint density at radius 2 is 1.76 bits per heavy atom. The summed E-state index contributed by atoms with van der Waals surface area (Å²) in [6, 6.07) is -0.210. The predicted octanol–water partition coefficient (Wildman–Crippen LogP) is 1.69. The van der Waals surface area contributed by atoms with Crippen LogP contribution in [0.2, 0.25) is 0 Å². The minimum absolute atomic E-state index is 0.210. The number of carboxylic acid groups (broad SMARTS) is 1. The van der Waals surface area contributed by atoms with Crippen molar-refractivity contribution in [1.82, 2.24) is 4.31 Å². The van der Waals surface area contributed by atoms with E-state index >= 15 is 0 Å². The van der Waals surface area contributed by atoms with Crippen molar-refractivity contribution in [3.8, 4) is 0 Å². The quantitative estimate of drug-likeness (QED) is 0.678. The molecule has 0 amide bonds. The zero-order chi connectivity index (χ0) is 13.6. The van der Waals surface area contributed by atoms with Crippen LogP contribution in [0.3, 0.4) is 0 Å². The standard InChI is InChI=1S/C11H23NO4S/c1-5-6-7-8-12(9(2)3)17(15,16)10(4)11(13)14/h9-10H,5-8H2,1-4H3,(H,13,14). The molecule has 0 rings (SSSR count). The molecule has 1 unspecified atom stereocenters. The first-order valence-corrected chi connectivity index (χ1v) is 7.48. The molecule has 0 radical (unpaired) electrons. The molecule has 0 saturated carbocycles. The highest BCUT2D eigenvalue weighted by Crippen LogP contribution is 2.15. The van der Waals surface area contributed by atoms with Crippen LogP contribution in [0.25, 0.3) is 0 Å². The van der Waals surface area contributed by atoms with E-state index in [0.717, 1.165) is 19.3 Å². The molecule has 102 valence electrons. The fourth-order valence-electron chi connectivity index (χ4n) is 1.53. The third kappa shape index (κ3) is 4.63. The predicted molar refractivity (Wildman–Crippen MR) is 67.4 cm³/mol. The lowest BCUT2D eigenvalue weighted by Gasteiger charge is -2.27. The minimum atomic E-state index is -3.75. The zero-order valence-electron chi connectivity index (χ0n) is 11.0. The van der Waals surface area contributed by atoms with Gasteiger partial charge in [-0.2, -0.15) is 4.31 Å². The number of carboxylic acids is 1. The SMILES string of the molecule is CCCCCN(C(C)C)S(=O)(=O)C(C)C(=O)O. The smallest absolute Gasteiger partial charge is 0.323 e. The lowest BCUT2D eigenvalue weighted by Crippen LogP contribution is -2.45. The van der Waals surface area contributed by atoms with Gasteiger partial charge in [0.05, 0.1) is 0 Å². The van der Waals surface area contributed by atoms with Gasteiger partial charge in [0.2, 0.25) is 10.0 Å². The first kappa shape index (κ1) is 16.4. The highest BCUT2D eigenvalue weighted by atomic mass is 32.2. The minimum Gasteiger partial charge on any atom is -0.480 e. The van der Waals surface area contributed by atoms with E-state index in [0.29, 0.717) is 6.54 Å². The van der Waals surface area contributed by atoms with Crippen molar-refractivity contribution in [2.75, 3.05) is 6.54 Å².